The second-order valence-electron chi connectivity index (χ2n) is 35.4. The number of methoxy groups -OCH3 is 1. The van der Waals surface area contributed by atoms with Gasteiger partial charge in [-0.3, -0.25) is 9.59 Å². The predicted octanol–water partition coefficient (Wildman–Crippen LogP) is 16.9. The molecule has 3 saturated heterocycles. The summed E-state index contributed by atoms with van der Waals surface area (Å²) in [5.41, 5.74) is -1.91. The lowest BCUT2D eigenvalue weighted by atomic mass is 9.33. The van der Waals surface area contributed by atoms with Gasteiger partial charge in [0, 0.05) is 32.0 Å². The van der Waals surface area contributed by atoms with Crippen molar-refractivity contribution in [1.82, 2.24) is 10.6 Å². The number of ketones is 1. The monoisotopic (exact) mass is 1440 g/mol. The Balaban J connectivity index is 1.20. The first-order chi connectivity index (χ1) is 46.5. The number of aldehydes is 1. The summed E-state index contributed by atoms with van der Waals surface area (Å²) in [5, 5.41) is 6.14. The van der Waals surface area contributed by atoms with Gasteiger partial charge in [0.05, 0.1) is 54.1 Å². The van der Waals surface area contributed by atoms with Crippen molar-refractivity contribution in [3.05, 3.63) is 11.6 Å². The van der Waals surface area contributed by atoms with Crippen LogP contribution in [-0.2, 0) is 65.6 Å². The molecule has 99 heavy (non-hydrogen) atoms. The maximum absolute atomic E-state index is 15.2. The molecule has 0 spiro atoms. The maximum Gasteiger partial charge on any atom is 0.407 e. The van der Waals surface area contributed by atoms with Crippen LogP contribution in [0.4, 0.5) is 4.79 Å². The van der Waals surface area contributed by atoms with Crippen LogP contribution < -0.4 is 10.6 Å². The van der Waals surface area contributed by atoms with Crippen LogP contribution in [-0.4, -0.2) is 155 Å². The average molecular weight is 1440 g/mol. The molecule has 2 N–H and O–H groups in total. The topological polar surface area (TPSA) is 194 Å². The van der Waals surface area contributed by atoms with Crippen molar-refractivity contribution in [2.24, 2.45) is 73.9 Å². The Labute approximate surface area is 603 Å². The molecule has 8 aliphatic rings. The Morgan fingerprint density at radius 2 is 1.17 bits per heavy atom. The van der Waals surface area contributed by atoms with E-state index in [4.69, 9.17) is 51.2 Å². The normalized spacial score (nSPS) is 41.0. The molecule has 0 aromatic carbocycles. The molecular formula is C79H142N2O15Si3. The standard InChI is InChI=1S/C79H142N2O15Si3/c1-26-57-52(13)64(94-97(27-2,28-3)29-4)67(96-99(33-8,34-9)35-10)70(88-57)92-66-63(91-68-65(51(12)50(11)48-87-68)95-98(30-5,31-6)32-7)53(14)62(54(15)83)90-69(66)89-60-39-40-75(21)58(76(60,22)49-82)38-41-77(23)59(75)37-36-55-56-46-74(19,20)42-43-79(56,61(86-25)47-78(55,77)24)71(84)80-44-45-81-72(85)93-73(16,17)18/h36,49-53,56-70H,26-35,37-48H2,1-25H3,(H,80,84)(H,81,85)/t50?,51?,52?,53?,56?,57?,58?,59?,60-,61+,62?,63?,64?,65?,66?,67?,68?,69?,70?,75-,76-,77+,78+,79+/m0/s1. The van der Waals surface area contributed by atoms with Crippen molar-refractivity contribution in [3.8, 4) is 0 Å². The van der Waals surface area contributed by atoms with Gasteiger partial charge in [-0.2, -0.15) is 0 Å². The number of ether oxygens (including phenoxy) is 8. The van der Waals surface area contributed by atoms with E-state index < -0.39 is 103 Å². The zero-order valence-corrected chi connectivity index (χ0v) is 69.8. The summed E-state index contributed by atoms with van der Waals surface area (Å²) in [5.74, 6) is -0.343. The molecule has 3 heterocycles. The van der Waals surface area contributed by atoms with Gasteiger partial charge in [-0.05, 0) is 198 Å². The summed E-state index contributed by atoms with van der Waals surface area (Å²) < 4.78 is 80.2. The Bertz CT molecular complexity index is 2730. The van der Waals surface area contributed by atoms with E-state index >= 15 is 4.79 Å². The molecule has 0 bridgehead atoms. The van der Waals surface area contributed by atoms with Crippen molar-refractivity contribution in [3.63, 3.8) is 0 Å². The van der Waals surface area contributed by atoms with Crippen LogP contribution in [0, 0.1) is 73.9 Å². The van der Waals surface area contributed by atoms with Crippen LogP contribution in [0.15, 0.2) is 11.6 Å². The molecule has 20 heteroatoms. The number of amides is 2. The van der Waals surface area contributed by atoms with Crippen LogP contribution in [0.1, 0.15) is 230 Å². The summed E-state index contributed by atoms with van der Waals surface area (Å²) in [6.45, 7) is 53.8. The zero-order valence-electron chi connectivity index (χ0n) is 66.8. The quantitative estimate of drug-likeness (QED) is 0.0236. The van der Waals surface area contributed by atoms with Gasteiger partial charge in [-0.25, -0.2) is 4.79 Å². The Hall–Kier alpha value is -1.93. The average Bonchev–Trinajstić information content (AvgIpc) is 0.673. The Morgan fingerprint density at radius 3 is 1.72 bits per heavy atom. The van der Waals surface area contributed by atoms with Gasteiger partial charge in [0.15, 0.2) is 49.6 Å². The van der Waals surface area contributed by atoms with Crippen molar-refractivity contribution in [1.29, 1.82) is 0 Å². The number of hydrogen-bond acceptors (Lipinski definition) is 15. The van der Waals surface area contributed by atoms with E-state index in [2.05, 4.69) is 148 Å². The van der Waals surface area contributed by atoms with Crippen LogP contribution >= 0.6 is 0 Å². The molecule has 7 fully saturated rings. The fourth-order valence-electron chi connectivity index (χ4n) is 21.4. The van der Waals surface area contributed by atoms with Gasteiger partial charge < -0.3 is 66.6 Å². The Kier molecular flexibility index (Phi) is 27.0. The molecule has 17 unspecified atom stereocenters. The van der Waals surface area contributed by atoms with E-state index in [-0.39, 0.29) is 106 Å². The van der Waals surface area contributed by atoms with Gasteiger partial charge >= 0.3 is 6.09 Å². The minimum atomic E-state index is -2.42. The molecule has 0 radical (unpaired) electrons. The van der Waals surface area contributed by atoms with Crippen LogP contribution in [0.3, 0.4) is 0 Å². The molecule has 0 aromatic rings. The number of Topliss-reactive ketones (excluding diaryl/α,β-unsaturated/α-hetero) is 1. The van der Waals surface area contributed by atoms with E-state index in [0.29, 0.717) is 25.9 Å². The molecule has 3 aliphatic heterocycles. The maximum atomic E-state index is 15.2. The lowest BCUT2D eigenvalue weighted by Crippen LogP contribution is -2.69. The second-order valence-corrected chi connectivity index (χ2v) is 49.6. The summed E-state index contributed by atoms with van der Waals surface area (Å²) in [6.07, 6.45) is 2.72. The molecule has 8 rings (SSSR count). The third-order valence-corrected chi connectivity index (χ3v) is 43.0. The fourth-order valence-corrected chi connectivity index (χ4v) is 30.1. The lowest BCUT2D eigenvalue weighted by Gasteiger charge is -2.72. The van der Waals surface area contributed by atoms with Crippen LogP contribution in [0.5, 0.6) is 0 Å². The number of nitrogens with one attached hydrogen (secondary N) is 2. The van der Waals surface area contributed by atoms with Crippen molar-refractivity contribution in [2.75, 3.05) is 26.8 Å². The first kappa shape index (κ1) is 82.7. The van der Waals surface area contributed by atoms with Gasteiger partial charge in [-0.15, -0.1) is 0 Å². The zero-order chi connectivity index (χ0) is 73.4. The van der Waals surface area contributed by atoms with Gasteiger partial charge in [0.1, 0.15) is 30.2 Å². The molecular weight excluding hydrogens is 1300 g/mol. The van der Waals surface area contributed by atoms with E-state index in [1.165, 1.54) is 11.9 Å². The molecule has 2 amide bonds. The number of hydrogen-bond donors (Lipinski definition) is 2. The minimum absolute atomic E-state index is 0.00364. The van der Waals surface area contributed by atoms with Crippen molar-refractivity contribution >= 4 is 49.0 Å². The highest BCUT2D eigenvalue weighted by Crippen LogP contribution is 2.76. The highest BCUT2D eigenvalue weighted by Gasteiger charge is 2.72. The third-order valence-electron chi connectivity index (χ3n) is 29.1. The van der Waals surface area contributed by atoms with E-state index in [0.717, 1.165) is 99.3 Å². The number of carbonyl (C=O) groups excluding carboxylic acids is 4. The second kappa shape index (κ2) is 32.3. The van der Waals surface area contributed by atoms with Gasteiger partial charge in [0.25, 0.3) is 0 Å². The van der Waals surface area contributed by atoms with E-state index in [1.54, 1.807) is 14.0 Å². The first-order valence-electron chi connectivity index (χ1n) is 39.9. The first-order valence-corrected chi connectivity index (χ1v) is 47.4. The highest BCUT2D eigenvalue weighted by molar-refractivity contribution is 6.74. The lowest BCUT2D eigenvalue weighted by molar-refractivity contribution is -0.379. The summed E-state index contributed by atoms with van der Waals surface area (Å²) in [7, 11) is -5.15. The minimum Gasteiger partial charge on any atom is -0.444 e. The Morgan fingerprint density at radius 1 is 0.616 bits per heavy atom. The van der Waals surface area contributed by atoms with Gasteiger partial charge in [0.2, 0.25) is 5.91 Å². The number of fused-ring (bicyclic) bond motifs is 7. The van der Waals surface area contributed by atoms with E-state index in [9.17, 15) is 14.4 Å². The number of allylic oxidation sites excluding steroid dienone is 2. The highest BCUT2D eigenvalue weighted by atomic mass is 28.4. The van der Waals surface area contributed by atoms with Crippen LogP contribution in [0.2, 0.25) is 54.4 Å². The summed E-state index contributed by atoms with van der Waals surface area (Å²) in [6, 6.07) is 8.58. The van der Waals surface area contributed by atoms with E-state index in [1.807, 2.05) is 27.7 Å². The molecule has 17 nitrogen and oxygen atoms in total. The van der Waals surface area contributed by atoms with Crippen molar-refractivity contribution < 1.29 is 70.4 Å². The third kappa shape index (κ3) is 15.7. The molecule has 5 aliphatic carbocycles. The summed E-state index contributed by atoms with van der Waals surface area (Å²) >= 11 is 0. The molecule has 0 aromatic heterocycles. The van der Waals surface area contributed by atoms with Crippen LogP contribution in [0.25, 0.3) is 0 Å². The predicted molar refractivity (Wildman–Crippen MR) is 398 cm³/mol. The largest absolute Gasteiger partial charge is 0.444 e. The summed E-state index contributed by atoms with van der Waals surface area (Å²) in [4.78, 5) is 57.2. The number of alkyl carbamates (subject to hydrolysis) is 1. The van der Waals surface area contributed by atoms with Gasteiger partial charge in [-0.1, -0.05) is 150 Å². The molecule has 4 saturated carbocycles. The molecule has 24 atom stereocenters. The number of carbonyl (C=O) groups is 4. The molecule has 570 valence electrons. The van der Waals surface area contributed by atoms with Crippen molar-refractivity contribution in [2.45, 2.75) is 364 Å². The number of rotatable bonds is 29. The fraction of sp³-hybridized carbons (Fsp3) is 0.924. The SMILES string of the molecule is CCC1OC(OC2C(O[C@H]3CC[C@@]4(C)C(CC[C@]5(C)C4CC=C4C6CC(C)(C)CC[C@]6(C(=O)NCCNC(=O)OC(C)(C)C)[C@H](OC)C[C@]45C)[C@]3(C)C=O)OC(C(C)=O)C(C)C2OC2OCC(C)C(C)C2O[Si](CC)(CC)CC)C(O[Si](CC)(CC)CC)C(O[Si](CC)(CC)CC)C1C. The smallest absolute Gasteiger partial charge is 0.407 e.